The molecule has 0 heterocycles. The molecule has 1 aliphatic carbocycles. The Morgan fingerprint density at radius 2 is 2.24 bits per heavy atom. The van der Waals surface area contributed by atoms with Gasteiger partial charge in [0.05, 0.1) is 0 Å². The highest BCUT2D eigenvalue weighted by atomic mass is 32.2. The van der Waals surface area contributed by atoms with Crippen molar-refractivity contribution in [3.8, 4) is 0 Å². The Hall–Kier alpha value is -0.910. The van der Waals surface area contributed by atoms with Crippen LogP contribution in [0, 0.1) is 5.92 Å². The number of thioether (sulfide) groups is 1. The minimum Gasteiger partial charge on any atom is -0.480 e. The molecule has 2 amide bonds. The third-order valence-electron chi connectivity index (χ3n) is 2.98. The maximum absolute atomic E-state index is 11.5. The fourth-order valence-electron chi connectivity index (χ4n) is 1.74. The molecule has 1 saturated carbocycles. The molecule has 6 heteroatoms. The average molecular weight is 260 g/mol. The number of nitrogens with one attached hydrogen (secondary N) is 2. The minimum absolute atomic E-state index is 0.231. The van der Waals surface area contributed by atoms with Crippen LogP contribution in [-0.4, -0.2) is 41.2 Å². The zero-order valence-electron chi connectivity index (χ0n) is 10.2. The van der Waals surface area contributed by atoms with Crippen LogP contribution in [0.25, 0.3) is 0 Å². The molecule has 17 heavy (non-hydrogen) atoms. The quantitative estimate of drug-likeness (QED) is 0.644. The fourth-order valence-corrected chi connectivity index (χ4v) is 2.21. The zero-order valence-corrected chi connectivity index (χ0v) is 11.0. The van der Waals surface area contributed by atoms with Gasteiger partial charge in [0.25, 0.3) is 0 Å². The first-order valence-corrected chi connectivity index (χ1v) is 7.26. The van der Waals surface area contributed by atoms with Gasteiger partial charge in [0.15, 0.2) is 0 Å². The molecule has 1 rings (SSSR count). The largest absolute Gasteiger partial charge is 0.480 e. The van der Waals surface area contributed by atoms with Gasteiger partial charge in [-0.1, -0.05) is 13.3 Å². The van der Waals surface area contributed by atoms with E-state index in [0.29, 0.717) is 12.3 Å². The smallest absolute Gasteiger partial charge is 0.326 e. The lowest BCUT2D eigenvalue weighted by Gasteiger charge is -2.14. The molecule has 1 fully saturated rings. The van der Waals surface area contributed by atoms with Crippen LogP contribution in [0.3, 0.4) is 0 Å². The Bertz CT molecular complexity index is 286. The molecule has 1 aliphatic rings. The molecule has 5 nitrogen and oxygen atoms in total. The van der Waals surface area contributed by atoms with Gasteiger partial charge in [0.2, 0.25) is 0 Å². The van der Waals surface area contributed by atoms with Gasteiger partial charge in [-0.2, -0.15) is 11.8 Å². The Labute approximate surface area is 106 Å². The molecule has 0 aliphatic heterocycles. The van der Waals surface area contributed by atoms with E-state index in [-0.39, 0.29) is 12.1 Å². The van der Waals surface area contributed by atoms with Gasteiger partial charge >= 0.3 is 12.0 Å². The maximum Gasteiger partial charge on any atom is 0.326 e. The Morgan fingerprint density at radius 1 is 1.53 bits per heavy atom. The molecule has 3 N–H and O–H groups in total. The number of aliphatic carboxylic acids is 1. The van der Waals surface area contributed by atoms with E-state index in [1.165, 1.54) is 0 Å². The van der Waals surface area contributed by atoms with Crippen molar-refractivity contribution in [3.63, 3.8) is 0 Å². The second-order valence-corrected chi connectivity index (χ2v) is 5.29. The first-order valence-electron chi connectivity index (χ1n) is 5.87. The molecule has 98 valence electrons. The average Bonchev–Trinajstić information content (AvgIpc) is 3.02. The summed E-state index contributed by atoms with van der Waals surface area (Å²) in [4.78, 5) is 22.5. The van der Waals surface area contributed by atoms with Gasteiger partial charge < -0.3 is 15.7 Å². The summed E-state index contributed by atoms with van der Waals surface area (Å²) in [6.07, 6.45) is 4.42. The van der Waals surface area contributed by atoms with E-state index in [1.807, 2.05) is 6.26 Å². The van der Waals surface area contributed by atoms with Gasteiger partial charge in [-0.25, -0.2) is 9.59 Å². The summed E-state index contributed by atoms with van der Waals surface area (Å²) in [5.41, 5.74) is 0. The van der Waals surface area contributed by atoms with Gasteiger partial charge in [-0.15, -0.1) is 0 Å². The first kappa shape index (κ1) is 14.2. The number of urea groups is 1. The molecule has 0 aromatic heterocycles. The lowest BCUT2D eigenvalue weighted by molar-refractivity contribution is -0.139. The Kier molecular flexibility index (Phi) is 5.61. The topological polar surface area (TPSA) is 78.4 Å². The van der Waals surface area contributed by atoms with Crippen LogP contribution < -0.4 is 10.6 Å². The Balaban J connectivity index is 2.28. The van der Waals surface area contributed by atoms with E-state index in [9.17, 15) is 9.59 Å². The van der Waals surface area contributed by atoms with Crippen molar-refractivity contribution in [2.75, 3.05) is 12.0 Å². The first-order chi connectivity index (χ1) is 8.08. The van der Waals surface area contributed by atoms with Gasteiger partial charge in [0, 0.05) is 6.04 Å². The lowest BCUT2D eigenvalue weighted by atomic mass is 10.2. The summed E-state index contributed by atoms with van der Waals surface area (Å²) in [5, 5.41) is 14.2. The minimum atomic E-state index is -0.975. The molecule has 0 aromatic rings. The van der Waals surface area contributed by atoms with Crippen LogP contribution in [0.15, 0.2) is 0 Å². The predicted octanol–water partition coefficient (Wildman–Crippen LogP) is 1.29. The second-order valence-electron chi connectivity index (χ2n) is 4.30. The van der Waals surface area contributed by atoms with E-state index >= 15 is 0 Å². The summed E-state index contributed by atoms with van der Waals surface area (Å²) in [5.74, 6) is 0.311. The summed E-state index contributed by atoms with van der Waals surface area (Å²) < 4.78 is 0. The highest BCUT2D eigenvalue weighted by Gasteiger charge is 2.36. The van der Waals surface area contributed by atoms with Crippen LogP contribution in [0.1, 0.15) is 26.2 Å². The molecular weight excluding hydrogens is 240 g/mol. The monoisotopic (exact) mass is 260 g/mol. The van der Waals surface area contributed by atoms with Crippen molar-refractivity contribution in [3.05, 3.63) is 0 Å². The van der Waals surface area contributed by atoms with Crippen molar-refractivity contribution < 1.29 is 14.7 Å². The molecule has 2 unspecified atom stereocenters. The van der Waals surface area contributed by atoms with Gasteiger partial charge in [0.1, 0.15) is 6.04 Å². The Morgan fingerprint density at radius 3 is 2.71 bits per heavy atom. The van der Waals surface area contributed by atoms with Crippen molar-refractivity contribution in [2.45, 2.75) is 38.3 Å². The highest BCUT2D eigenvalue weighted by molar-refractivity contribution is 7.98. The number of carbonyl (C=O) groups excluding carboxylic acids is 1. The van der Waals surface area contributed by atoms with Crippen LogP contribution in [0.2, 0.25) is 0 Å². The van der Waals surface area contributed by atoms with Crippen molar-refractivity contribution >= 4 is 23.8 Å². The highest BCUT2D eigenvalue weighted by Crippen LogP contribution is 2.32. The van der Waals surface area contributed by atoms with E-state index in [4.69, 9.17) is 5.11 Å². The van der Waals surface area contributed by atoms with E-state index < -0.39 is 12.0 Å². The van der Waals surface area contributed by atoms with Crippen molar-refractivity contribution in [1.29, 1.82) is 0 Å². The summed E-state index contributed by atoms with van der Waals surface area (Å²) in [7, 11) is 0. The number of carboxylic acid groups (broad SMARTS) is 1. The maximum atomic E-state index is 11.5. The fraction of sp³-hybridized carbons (Fsp3) is 0.818. The standard InChI is InChI=1S/C11H20N2O3S/c1-3-7-6-9(7)13-11(16)12-8(10(14)15)4-5-17-2/h7-9H,3-6H2,1-2H3,(H,14,15)(H2,12,13,16)/t7?,8-,9?/m1/s1. The number of carboxylic acids is 1. The van der Waals surface area contributed by atoms with Crippen molar-refractivity contribution in [1.82, 2.24) is 10.6 Å². The number of hydrogen-bond donors (Lipinski definition) is 3. The summed E-state index contributed by atoms with van der Waals surface area (Å²) in [6.45, 7) is 2.09. The van der Waals surface area contributed by atoms with E-state index in [2.05, 4.69) is 17.6 Å². The summed E-state index contributed by atoms with van der Waals surface area (Å²) >= 11 is 1.57. The molecule has 0 saturated heterocycles. The number of rotatable bonds is 7. The number of amides is 2. The van der Waals surface area contributed by atoms with E-state index in [1.54, 1.807) is 11.8 Å². The third-order valence-corrected chi connectivity index (χ3v) is 3.62. The van der Waals surface area contributed by atoms with Crippen LogP contribution in [-0.2, 0) is 4.79 Å². The molecular formula is C11H20N2O3S. The van der Waals surface area contributed by atoms with E-state index in [0.717, 1.165) is 18.6 Å². The molecule has 0 bridgehead atoms. The van der Waals surface area contributed by atoms with Crippen LogP contribution in [0.5, 0.6) is 0 Å². The van der Waals surface area contributed by atoms with Gasteiger partial charge in [-0.3, -0.25) is 0 Å². The number of carbonyl (C=O) groups is 2. The predicted molar refractivity (Wildman–Crippen MR) is 68.3 cm³/mol. The van der Waals surface area contributed by atoms with Crippen LogP contribution >= 0.6 is 11.8 Å². The molecule has 0 aromatic carbocycles. The molecule has 0 spiro atoms. The zero-order chi connectivity index (χ0) is 12.8. The van der Waals surface area contributed by atoms with Crippen molar-refractivity contribution in [2.24, 2.45) is 5.92 Å². The summed E-state index contributed by atoms with van der Waals surface area (Å²) in [6, 6.07) is -0.921. The second kappa shape index (κ2) is 6.74. The molecule has 3 atom stereocenters. The third kappa shape index (κ3) is 4.85. The number of hydrogen-bond acceptors (Lipinski definition) is 3. The van der Waals surface area contributed by atoms with Gasteiger partial charge in [-0.05, 0) is 30.8 Å². The SMILES string of the molecule is CCC1CC1NC(=O)N[C@H](CCSC)C(=O)O. The lowest BCUT2D eigenvalue weighted by Crippen LogP contribution is -2.47. The molecule has 0 radical (unpaired) electrons. The normalized spacial score (nSPS) is 23.9. The van der Waals surface area contributed by atoms with Crippen LogP contribution in [0.4, 0.5) is 4.79 Å².